The third-order valence-electron chi connectivity index (χ3n) is 4.34. The Balaban J connectivity index is 1.83. The summed E-state index contributed by atoms with van der Waals surface area (Å²) in [6, 6.07) is 10.4. The highest BCUT2D eigenvalue weighted by Crippen LogP contribution is 2.27. The molecule has 0 aliphatic carbocycles. The lowest BCUT2D eigenvalue weighted by atomic mass is 9.86. The number of rotatable bonds is 7. The summed E-state index contributed by atoms with van der Waals surface area (Å²) in [7, 11) is 0. The number of aliphatic hydroxyl groups excluding tert-OH is 1. The van der Waals surface area contributed by atoms with Crippen molar-refractivity contribution in [3.63, 3.8) is 0 Å². The average molecular weight is 342 g/mol. The zero-order valence-corrected chi connectivity index (χ0v) is 15.9. The van der Waals surface area contributed by atoms with Crippen LogP contribution in [0.15, 0.2) is 42.7 Å². The zero-order chi connectivity index (χ0) is 18.4. The highest BCUT2D eigenvalue weighted by atomic mass is 16.5. The highest BCUT2D eigenvalue weighted by Gasteiger charge is 2.15. The number of aliphatic hydroxyl groups is 1. The van der Waals surface area contributed by atoms with Crippen LogP contribution in [-0.4, -0.2) is 29.3 Å². The molecule has 0 spiro atoms. The summed E-state index contributed by atoms with van der Waals surface area (Å²) in [5.74, 6) is 0.828. The number of aryl methyl sites for hydroxylation is 1. The summed E-state index contributed by atoms with van der Waals surface area (Å²) in [4.78, 5) is 4.02. The fraction of sp³-hybridized carbons (Fsp3) is 0.476. The molecule has 2 aromatic rings. The maximum Gasteiger partial charge on any atom is 0.122 e. The molecule has 0 aliphatic rings. The van der Waals surface area contributed by atoms with Gasteiger partial charge in [-0.25, -0.2) is 0 Å². The Labute approximate surface area is 151 Å². The summed E-state index contributed by atoms with van der Waals surface area (Å²) in [5, 5.41) is 13.5. The first-order valence-electron chi connectivity index (χ1n) is 8.82. The van der Waals surface area contributed by atoms with Crippen molar-refractivity contribution in [2.45, 2.75) is 52.2 Å². The van der Waals surface area contributed by atoms with Gasteiger partial charge in [0.25, 0.3) is 0 Å². The molecule has 0 saturated carbocycles. The second-order valence-corrected chi connectivity index (χ2v) is 7.61. The Morgan fingerprint density at radius 2 is 1.84 bits per heavy atom. The van der Waals surface area contributed by atoms with E-state index < -0.39 is 6.10 Å². The Hall–Kier alpha value is -1.91. The molecule has 0 aliphatic heterocycles. The largest absolute Gasteiger partial charge is 0.491 e. The van der Waals surface area contributed by atoms with Gasteiger partial charge in [-0.3, -0.25) is 4.98 Å². The molecule has 2 N–H and O–H groups in total. The lowest BCUT2D eigenvalue weighted by molar-refractivity contribution is 0.104. The first-order chi connectivity index (χ1) is 11.8. The molecule has 0 saturated heterocycles. The first-order valence-corrected chi connectivity index (χ1v) is 8.82. The van der Waals surface area contributed by atoms with E-state index in [-0.39, 0.29) is 18.1 Å². The molecule has 0 radical (unpaired) electrons. The van der Waals surface area contributed by atoms with Crippen LogP contribution < -0.4 is 10.1 Å². The summed E-state index contributed by atoms with van der Waals surface area (Å²) in [5.41, 5.74) is 3.65. The normalized spacial score (nSPS) is 14.2. The third-order valence-corrected chi connectivity index (χ3v) is 4.34. The molecule has 1 aromatic carbocycles. The van der Waals surface area contributed by atoms with E-state index in [1.165, 1.54) is 5.56 Å². The lowest BCUT2D eigenvalue weighted by Crippen LogP contribution is -2.33. The van der Waals surface area contributed by atoms with Crippen LogP contribution >= 0.6 is 0 Å². The molecule has 0 fully saturated rings. The Morgan fingerprint density at radius 3 is 2.44 bits per heavy atom. The maximum absolute atomic E-state index is 10.2. The fourth-order valence-electron chi connectivity index (χ4n) is 2.61. The van der Waals surface area contributed by atoms with E-state index in [2.05, 4.69) is 50.1 Å². The monoisotopic (exact) mass is 342 g/mol. The van der Waals surface area contributed by atoms with Crippen molar-refractivity contribution in [2.24, 2.45) is 0 Å². The van der Waals surface area contributed by atoms with Crippen molar-refractivity contribution in [2.75, 3.05) is 13.2 Å². The van der Waals surface area contributed by atoms with Crippen molar-refractivity contribution in [1.29, 1.82) is 0 Å². The maximum atomic E-state index is 10.2. The number of aromatic nitrogens is 1. The van der Waals surface area contributed by atoms with E-state index in [0.717, 1.165) is 16.9 Å². The summed E-state index contributed by atoms with van der Waals surface area (Å²) in [6.45, 7) is 11.4. The van der Waals surface area contributed by atoms with Crippen molar-refractivity contribution in [3.8, 4) is 5.75 Å². The van der Waals surface area contributed by atoms with Gasteiger partial charge in [-0.15, -0.1) is 0 Å². The number of hydrogen-bond donors (Lipinski definition) is 2. The number of nitrogens with one attached hydrogen (secondary N) is 1. The topological polar surface area (TPSA) is 54.4 Å². The number of benzene rings is 1. The van der Waals surface area contributed by atoms with Gasteiger partial charge in [-0.1, -0.05) is 32.9 Å². The predicted octanol–water partition coefficient (Wildman–Crippen LogP) is 3.78. The number of pyridine rings is 1. The van der Waals surface area contributed by atoms with Crippen molar-refractivity contribution < 1.29 is 9.84 Å². The van der Waals surface area contributed by atoms with Gasteiger partial charge in [0.05, 0.1) is 0 Å². The van der Waals surface area contributed by atoms with E-state index in [0.29, 0.717) is 6.54 Å². The van der Waals surface area contributed by atoms with Gasteiger partial charge in [0, 0.05) is 25.0 Å². The molecule has 4 nitrogen and oxygen atoms in total. The van der Waals surface area contributed by atoms with Crippen LogP contribution in [0.4, 0.5) is 0 Å². The van der Waals surface area contributed by atoms with Gasteiger partial charge < -0.3 is 15.2 Å². The number of hydrogen-bond acceptors (Lipinski definition) is 4. The molecule has 0 bridgehead atoms. The minimum Gasteiger partial charge on any atom is -0.491 e. The van der Waals surface area contributed by atoms with E-state index in [1.54, 1.807) is 12.4 Å². The van der Waals surface area contributed by atoms with Crippen LogP contribution in [0.3, 0.4) is 0 Å². The smallest absolute Gasteiger partial charge is 0.122 e. The Kier molecular flexibility index (Phi) is 6.57. The minimum absolute atomic E-state index is 0.121. The van der Waals surface area contributed by atoms with Crippen LogP contribution in [0.2, 0.25) is 0 Å². The van der Waals surface area contributed by atoms with Gasteiger partial charge >= 0.3 is 0 Å². The van der Waals surface area contributed by atoms with Crippen molar-refractivity contribution >= 4 is 0 Å². The molecule has 2 atom stereocenters. The molecule has 4 heteroatoms. The molecule has 25 heavy (non-hydrogen) atoms. The van der Waals surface area contributed by atoms with Crippen LogP contribution in [0.1, 0.15) is 50.4 Å². The molecular formula is C21H30N2O2. The van der Waals surface area contributed by atoms with Gasteiger partial charge in [0.15, 0.2) is 0 Å². The number of ether oxygens (including phenoxy) is 1. The number of nitrogens with zero attached hydrogens (tertiary/aromatic N) is 1. The SMILES string of the molecule is Cc1cc(C(C)(C)C)ccc1OC[C@H](O)CN[C@@H](C)c1ccncc1. The lowest BCUT2D eigenvalue weighted by Gasteiger charge is -2.21. The molecule has 2 rings (SSSR count). The van der Waals surface area contributed by atoms with Crippen LogP contribution in [0.5, 0.6) is 5.75 Å². The standard InChI is InChI=1S/C21H30N2O2/c1-15-12-18(21(3,4)5)6-7-20(15)25-14-19(24)13-23-16(2)17-8-10-22-11-9-17/h6-12,16,19,23-24H,13-14H2,1-5H3/t16-,19+/m0/s1. The van der Waals surface area contributed by atoms with Crippen molar-refractivity contribution in [3.05, 3.63) is 59.4 Å². The fourth-order valence-corrected chi connectivity index (χ4v) is 2.61. The summed E-state index contributed by atoms with van der Waals surface area (Å²) < 4.78 is 5.80. The quantitative estimate of drug-likeness (QED) is 0.804. The molecule has 0 unspecified atom stereocenters. The van der Waals surface area contributed by atoms with Crippen LogP contribution in [0.25, 0.3) is 0 Å². The van der Waals surface area contributed by atoms with E-state index >= 15 is 0 Å². The van der Waals surface area contributed by atoms with Crippen molar-refractivity contribution in [1.82, 2.24) is 10.3 Å². The van der Waals surface area contributed by atoms with E-state index in [4.69, 9.17) is 4.74 Å². The summed E-state index contributed by atoms with van der Waals surface area (Å²) >= 11 is 0. The molecule has 136 valence electrons. The van der Waals surface area contributed by atoms with Crippen LogP contribution in [-0.2, 0) is 5.41 Å². The minimum atomic E-state index is -0.564. The molecule has 0 amide bonds. The summed E-state index contributed by atoms with van der Waals surface area (Å²) in [6.07, 6.45) is 2.99. The first kappa shape index (κ1) is 19.4. The third kappa shape index (κ3) is 5.83. The molecule has 1 aromatic heterocycles. The Bertz CT molecular complexity index is 665. The second-order valence-electron chi connectivity index (χ2n) is 7.61. The van der Waals surface area contributed by atoms with Crippen LogP contribution in [0, 0.1) is 6.92 Å². The van der Waals surface area contributed by atoms with Gasteiger partial charge in [-0.2, -0.15) is 0 Å². The Morgan fingerprint density at radius 1 is 1.16 bits per heavy atom. The van der Waals surface area contributed by atoms with Gasteiger partial charge in [0.1, 0.15) is 18.5 Å². The van der Waals surface area contributed by atoms with Gasteiger partial charge in [-0.05, 0) is 54.2 Å². The second kappa shape index (κ2) is 8.45. The average Bonchev–Trinajstić information content (AvgIpc) is 2.58. The molecule has 1 heterocycles. The van der Waals surface area contributed by atoms with E-state index in [1.807, 2.05) is 25.1 Å². The zero-order valence-electron chi connectivity index (χ0n) is 15.9. The molecular weight excluding hydrogens is 312 g/mol. The predicted molar refractivity (Wildman–Crippen MR) is 102 cm³/mol. The highest BCUT2D eigenvalue weighted by molar-refractivity contribution is 5.38. The van der Waals surface area contributed by atoms with E-state index in [9.17, 15) is 5.11 Å². The van der Waals surface area contributed by atoms with Gasteiger partial charge in [0.2, 0.25) is 0 Å².